The lowest BCUT2D eigenvalue weighted by Gasteiger charge is -2.29. The van der Waals surface area contributed by atoms with E-state index in [1.54, 1.807) is 28.8 Å². The first-order chi connectivity index (χ1) is 10.4. The van der Waals surface area contributed by atoms with Crippen LogP contribution in [-0.4, -0.2) is 33.4 Å². The maximum atomic E-state index is 13.8. The Labute approximate surface area is 140 Å². The maximum absolute atomic E-state index is 13.8. The minimum Gasteiger partial charge on any atom is -0.350 e. The van der Waals surface area contributed by atoms with E-state index in [0.717, 1.165) is 6.42 Å². The van der Waals surface area contributed by atoms with Crippen LogP contribution >= 0.6 is 27.7 Å². The lowest BCUT2D eigenvalue weighted by molar-refractivity contribution is -0.138. The molecular formula is C15H16BrFN2O2S. The Morgan fingerprint density at radius 1 is 1.59 bits per heavy atom. The molecule has 2 amide bonds. The van der Waals surface area contributed by atoms with Crippen LogP contribution < -0.4 is 5.32 Å². The van der Waals surface area contributed by atoms with Gasteiger partial charge in [-0.2, -0.15) is 0 Å². The highest BCUT2D eigenvalue weighted by atomic mass is 79.9. The monoisotopic (exact) mass is 386 g/mol. The molecule has 2 atom stereocenters. The zero-order valence-electron chi connectivity index (χ0n) is 12.1. The predicted molar refractivity (Wildman–Crippen MR) is 86.7 cm³/mol. The second-order valence-corrected chi connectivity index (χ2v) is 8.14. The molecule has 4 nitrogen and oxygen atoms in total. The van der Waals surface area contributed by atoms with E-state index >= 15 is 0 Å². The molecule has 2 saturated heterocycles. The summed E-state index contributed by atoms with van der Waals surface area (Å²) < 4.78 is 14.4. The average molecular weight is 387 g/mol. The minimum atomic E-state index is -0.455. The van der Waals surface area contributed by atoms with Crippen LogP contribution in [0.1, 0.15) is 25.3 Å². The number of nitrogens with zero attached hydrogens (tertiary/aromatic N) is 1. The van der Waals surface area contributed by atoms with Crippen molar-refractivity contribution in [2.45, 2.75) is 37.2 Å². The summed E-state index contributed by atoms with van der Waals surface area (Å²) in [6.45, 7) is 2.13. The molecule has 118 valence electrons. The number of benzene rings is 1. The van der Waals surface area contributed by atoms with Crippen molar-refractivity contribution in [3.8, 4) is 0 Å². The number of fused-ring (bicyclic) bond motifs is 1. The second-order valence-electron chi connectivity index (χ2n) is 5.72. The zero-order chi connectivity index (χ0) is 15.9. The van der Waals surface area contributed by atoms with E-state index in [1.807, 2.05) is 6.92 Å². The van der Waals surface area contributed by atoms with Crippen molar-refractivity contribution in [1.29, 1.82) is 0 Å². The molecule has 2 fully saturated rings. The third kappa shape index (κ3) is 2.76. The third-order valence-corrected chi connectivity index (χ3v) is 6.21. The van der Waals surface area contributed by atoms with Crippen molar-refractivity contribution in [2.24, 2.45) is 0 Å². The number of thioether (sulfide) groups is 1. The topological polar surface area (TPSA) is 49.4 Å². The Bertz CT molecular complexity index is 642. The first kappa shape index (κ1) is 15.8. The van der Waals surface area contributed by atoms with Gasteiger partial charge in [0.2, 0.25) is 11.8 Å². The Hall–Kier alpha value is -1.08. The van der Waals surface area contributed by atoms with Crippen LogP contribution in [0.4, 0.5) is 4.39 Å². The summed E-state index contributed by atoms with van der Waals surface area (Å²) >= 11 is 4.85. The van der Waals surface area contributed by atoms with E-state index in [9.17, 15) is 14.0 Å². The molecule has 0 aromatic heterocycles. The number of nitrogens with one attached hydrogen (secondary N) is 1. The molecule has 2 unspecified atom stereocenters. The maximum Gasteiger partial charge on any atom is 0.243 e. The Kier molecular flexibility index (Phi) is 4.20. The molecule has 0 aliphatic carbocycles. The molecule has 0 spiro atoms. The molecule has 1 aromatic carbocycles. The van der Waals surface area contributed by atoms with Gasteiger partial charge in [-0.1, -0.05) is 22.0 Å². The summed E-state index contributed by atoms with van der Waals surface area (Å²) in [7, 11) is 0. The summed E-state index contributed by atoms with van der Waals surface area (Å²) in [5, 5.41) is 2.75. The Morgan fingerprint density at radius 2 is 2.36 bits per heavy atom. The van der Waals surface area contributed by atoms with E-state index in [-0.39, 0.29) is 29.0 Å². The van der Waals surface area contributed by atoms with Crippen molar-refractivity contribution < 1.29 is 14.0 Å². The van der Waals surface area contributed by atoms with Crippen molar-refractivity contribution in [3.63, 3.8) is 0 Å². The fourth-order valence-electron chi connectivity index (χ4n) is 2.98. The fourth-order valence-corrected chi connectivity index (χ4v) is 4.74. The Balaban J connectivity index is 1.66. The van der Waals surface area contributed by atoms with Gasteiger partial charge >= 0.3 is 0 Å². The lowest BCUT2D eigenvalue weighted by atomic mass is 10.2. The van der Waals surface area contributed by atoms with Crippen LogP contribution in [0.25, 0.3) is 0 Å². The van der Waals surface area contributed by atoms with E-state index in [2.05, 4.69) is 21.2 Å². The van der Waals surface area contributed by atoms with Crippen LogP contribution in [0.3, 0.4) is 0 Å². The largest absolute Gasteiger partial charge is 0.350 e. The van der Waals surface area contributed by atoms with E-state index in [4.69, 9.17) is 0 Å². The van der Waals surface area contributed by atoms with Crippen LogP contribution in [0.15, 0.2) is 22.7 Å². The molecule has 1 aromatic rings. The summed E-state index contributed by atoms with van der Waals surface area (Å²) in [4.78, 5) is 25.8. The Morgan fingerprint density at radius 3 is 3.09 bits per heavy atom. The van der Waals surface area contributed by atoms with Crippen molar-refractivity contribution >= 4 is 39.5 Å². The number of carbonyl (C=O) groups excluding carboxylic acids is 2. The quantitative estimate of drug-likeness (QED) is 0.868. The van der Waals surface area contributed by atoms with Gasteiger partial charge in [0.05, 0.1) is 4.87 Å². The smallest absolute Gasteiger partial charge is 0.243 e. The van der Waals surface area contributed by atoms with Gasteiger partial charge in [-0.25, -0.2) is 4.39 Å². The van der Waals surface area contributed by atoms with Crippen LogP contribution in [0.5, 0.6) is 0 Å². The zero-order valence-corrected chi connectivity index (χ0v) is 14.5. The van der Waals surface area contributed by atoms with Gasteiger partial charge in [-0.05, 0) is 25.5 Å². The van der Waals surface area contributed by atoms with Gasteiger partial charge in [0.25, 0.3) is 0 Å². The highest BCUT2D eigenvalue weighted by Gasteiger charge is 2.52. The molecule has 2 aliphatic heterocycles. The number of carbonyl (C=O) groups is 2. The minimum absolute atomic E-state index is 0.0301. The SMILES string of the molecule is CC12CCC(=O)N1C(C(=O)NCc1ccc(Br)cc1F)CS2. The van der Waals surface area contributed by atoms with E-state index in [1.165, 1.54) is 6.07 Å². The van der Waals surface area contributed by atoms with Crippen LogP contribution in [-0.2, 0) is 16.1 Å². The highest BCUT2D eigenvalue weighted by molar-refractivity contribution is 9.10. The predicted octanol–water partition coefficient (Wildman–Crippen LogP) is 2.66. The van der Waals surface area contributed by atoms with E-state index in [0.29, 0.717) is 22.2 Å². The molecule has 0 radical (unpaired) electrons. The van der Waals surface area contributed by atoms with Gasteiger partial charge in [-0.3, -0.25) is 9.59 Å². The van der Waals surface area contributed by atoms with Gasteiger partial charge in [0.1, 0.15) is 11.9 Å². The highest BCUT2D eigenvalue weighted by Crippen LogP contribution is 2.47. The number of halogens is 2. The number of hydrogen-bond donors (Lipinski definition) is 1. The fraction of sp³-hybridized carbons (Fsp3) is 0.467. The van der Waals surface area contributed by atoms with Gasteiger partial charge in [0, 0.05) is 28.8 Å². The molecule has 0 saturated carbocycles. The average Bonchev–Trinajstić information content (AvgIpc) is 2.95. The first-order valence-electron chi connectivity index (χ1n) is 7.08. The molecule has 3 rings (SSSR count). The molecule has 7 heteroatoms. The van der Waals surface area contributed by atoms with Crippen molar-refractivity contribution in [3.05, 3.63) is 34.1 Å². The second kappa shape index (κ2) is 5.85. The van der Waals surface area contributed by atoms with Gasteiger partial charge in [-0.15, -0.1) is 11.8 Å². The van der Waals surface area contributed by atoms with Crippen molar-refractivity contribution in [2.75, 3.05) is 5.75 Å². The third-order valence-electron chi connectivity index (χ3n) is 4.22. The molecule has 2 aliphatic rings. The normalized spacial score (nSPS) is 27.1. The molecule has 22 heavy (non-hydrogen) atoms. The van der Waals surface area contributed by atoms with E-state index < -0.39 is 6.04 Å². The number of hydrogen-bond acceptors (Lipinski definition) is 3. The molecule has 2 heterocycles. The number of amides is 2. The van der Waals surface area contributed by atoms with Crippen LogP contribution in [0.2, 0.25) is 0 Å². The summed E-state index contributed by atoms with van der Waals surface area (Å²) in [6, 6.07) is 4.28. The lowest BCUT2D eigenvalue weighted by Crippen LogP contribution is -2.49. The summed E-state index contributed by atoms with van der Waals surface area (Å²) in [5.74, 6) is 0.0468. The summed E-state index contributed by atoms with van der Waals surface area (Å²) in [6.07, 6.45) is 1.27. The summed E-state index contributed by atoms with van der Waals surface area (Å²) in [5.41, 5.74) is 0.428. The molecule has 1 N–H and O–H groups in total. The number of rotatable bonds is 3. The standard InChI is InChI=1S/C15H16BrFN2O2S/c1-15-5-4-13(20)19(15)12(8-22-15)14(21)18-7-9-2-3-10(16)6-11(9)17/h2-3,6,12H,4-5,7-8H2,1H3,(H,18,21). The van der Waals surface area contributed by atoms with Crippen molar-refractivity contribution in [1.82, 2.24) is 10.2 Å². The molecule has 0 bridgehead atoms. The van der Waals surface area contributed by atoms with Gasteiger partial charge in [0.15, 0.2) is 0 Å². The van der Waals surface area contributed by atoms with Crippen LogP contribution in [0, 0.1) is 5.82 Å². The molecular weight excluding hydrogens is 371 g/mol. The first-order valence-corrected chi connectivity index (χ1v) is 8.86. The van der Waals surface area contributed by atoms with Gasteiger partial charge < -0.3 is 10.2 Å².